The standard InChI is InChI=1S/C13H21N3O3S/c1-16(2)20(17,18)13-6-4-3-5-12(13)15-9-11-10-19-8-7-14-11/h3-6,11,14-15H,7-10H2,1-2H3. The Kier molecular flexibility index (Phi) is 4.98. The smallest absolute Gasteiger partial charge is 0.244 e. The average molecular weight is 299 g/mol. The van der Waals surface area contributed by atoms with Crippen molar-refractivity contribution < 1.29 is 13.2 Å². The van der Waals surface area contributed by atoms with Gasteiger partial charge in [-0.15, -0.1) is 0 Å². The minimum absolute atomic E-state index is 0.193. The highest BCUT2D eigenvalue weighted by Crippen LogP contribution is 2.23. The van der Waals surface area contributed by atoms with Gasteiger partial charge in [0.25, 0.3) is 0 Å². The number of morpholine rings is 1. The summed E-state index contributed by atoms with van der Waals surface area (Å²) in [5.41, 5.74) is 0.619. The summed E-state index contributed by atoms with van der Waals surface area (Å²) < 4.78 is 31.1. The van der Waals surface area contributed by atoms with Crippen LogP contribution in [0.1, 0.15) is 0 Å². The van der Waals surface area contributed by atoms with Crippen LogP contribution in [0.2, 0.25) is 0 Å². The second-order valence-corrected chi connectivity index (χ2v) is 7.01. The van der Waals surface area contributed by atoms with Crippen LogP contribution in [0.25, 0.3) is 0 Å². The van der Waals surface area contributed by atoms with E-state index in [4.69, 9.17) is 4.74 Å². The molecule has 1 aliphatic rings. The van der Waals surface area contributed by atoms with Crippen molar-refractivity contribution in [3.8, 4) is 0 Å². The zero-order valence-electron chi connectivity index (χ0n) is 11.8. The largest absolute Gasteiger partial charge is 0.382 e. The van der Waals surface area contributed by atoms with Crippen molar-refractivity contribution >= 4 is 15.7 Å². The minimum atomic E-state index is -3.44. The van der Waals surface area contributed by atoms with Gasteiger partial charge in [-0.2, -0.15) is 0 Å². The molecule has 1 unspecified atom stereocenters. The van der Waals surface area contributed by atoms with Crippen molar-refractivity contribution in [2.45, 2.75) is 10.9 Å². The van der Waals surface area contributed by atoms with E-state index >= 15 is 0 Å². The lowest BCUT2D eigenvalue weighted by Crippen LogP contribution is -2.45. The number of benzene rings is 1. The van der Waals surface area contributed by atoms with E-state index < -0.39 is 10.0 Å². The molecule has 1 heterocycles. The molecule has 6 nitrogen and oxygen atoms in total. The Bertz CT molecular complexity index is 540. The van der Waals surface area contributed by atoms with Crippen LogP contribution in [-0.4, -0.2) is 59.2 Å². The molecule has 0 amide bonds. The van der Waals surface area contributed by atoms with E-state index in [0.29, 0.717) is 23.7 Å². The third-order valence-electron chi connectivity index (χ3n) is 3.18. The van der Waals surface area contributed by atoms with Gasteiger partial charge >= 0.3 is 0 Å². The topological polar surface area (TPSA) is 70.7 Å². The summed E-state index contributed by atoms with van der Waals surface area (Å²) in [5, 5.41) is 6.52. The molecule has 7 heteroatoms. The maximum absolute atomic E-state index is 12.2. The highest BCUT2D eigenvalue weighted by molar-refractivity contribution is 7.89. The number of rotatable bonds is 5. The highest BCUT2D eigenvalue weighted by Gasteiger charge is 2.21. The first-order valence-electron chi connectivity index (χ1n) is 6.58. The number of nitrogens with one attached hydrogen (secondary N) is 2. The van der Waals surface area contributed by atoms with Gasteiger partial charge in [0.1, 0.15) is 4.90 Å². The number of nitrogens with zero attached hydrogens (tertiary/aromatic N) is 1. The zero-order chi connectivity index (χ0) is 14.6. The van der Waals surface area contributed by atoms with Crippen LogP contribution >= 0.6 is 0 Å². The maximum atomic E-state index is 12.2. The summed E-state index contributed by atoms with van der Waals surface area (Å²) in [6.45, 7) is 2.81. The Hall–Kier alpha value is -1.15. The molecule has 1 saturated heterocycles. The van der Waals surface area contributed by atoms with Gasteiger partial charge in [0.15, 0.2) is 0 Å². The summed E-state index contributed by atoms with van der Waals surface area (Å²) in [4.78, 5) is 0.293. The highest BCUT2D eigenvalue weighted by atomic mass is 32.2. The van der Waals surface area contributed by atoms with E-state index in [2.05, 4.69) is 10.6 Å². The molecule has 0 bridgehead atoms. The van der Waals surface area contributed by atoms with Gasteiger partial charge in [-0.3, -0.25) is 0 Å². The number of sulfonamides is 1. The Labute approximate surface area is 120 Å². The molecule has 1 atom stereocenters. The van der Waals surface area contributed by atoms with Gasteiger partial charge < -0.3 is 15.4 Å². The molecule has 0 saturated carbocycles. The maximum Gasteiger partial charge on any atom is 0.244 e. The monoisotopic (exact) mass is 299 g/mol. The van der Waals surface area contributed by atoms with E-state index in [0.717, 1.165) is 13.2 Å². The summed E-state index contributed by atoms with van der Waals surface area (Å²) in [7, 11) is -0.380. The van der Waals surface area contributed by atoms with Gasteiger partial charge in [-0.25, -0.2) is 12.7 Å². The predicted molar refractivity (Wildman–Crippen MR) is 78.4 cm³/mol. The fraction of sp³-hybridized carbons (Fsp3) is 0.538. The number of ether oxygens (including phenoxy) is 1. The molecule has 1 aromatic rings. The number of hydrogen-bond donors (Lipinski definition) is 2. The molecule has 1 fully saturated rings. The quantitative estimate of drug-likeness (QED) is 0.820. The Balaban J connectivity index is 2.12. The summed E-state index contributed by atoms with van der Waals surface area (Å²) >= 11 is 0. The molecule has 0 aliphatic carbocycles. The van der Waals surface area contributed by atoms with Gasteiger partial charge in [0, 0.05) is 33.2 Å². The first-order chi connectivity index (χ1) is 9.51. The lowest BCUT2D eigenvalue weighted by atomic mass is 10.2. The molecular formula is C13H21N3O3S. The number of hydrogen-bond acceptors (Lipinski definition) is 5. The number of anilines is 1. The number of para-hydroxylation sites is 1. The lowest BCUT2D eigenvalue weighted by Gasteiger charge is -2.25. The Morgan fingerprint density at radius 1 is 1.40 bits per heavy atom. The fourth-order valence-electron chi connectivity index (χ4n) is 2.02. The Morgan fingerprint density at radius 3 is 2.80 bits per heavy atom. The average Bonchev–Trinajstić information content (AvgIpc) is 2.46. The second kappa shape index (κ2) is 6.53. The van der Waals surface area contributed by atoms with Crippen LogP contribution in [0.15, 0.2) is 29.2 Å². The molecule has 0 spiro atoms. The van der Waals surface area contributed by atoms with Crippen LogP contribution in [0.4, 0.5) is 5.69 Å². The van der Waals surface area contributed by atoms with Crippen molar-refractivity contribution in [1.29, 1.82) is 0 Å². The summed E-state index contributed by atoms with van der Waals surface area (Å²) in [6.07, 6.45) is 0. The SMILES string of the molecule is CN(C)S(=O)(=O)c1ccccc1NCC1COCCN1. The fourth-order valence-corrected chi connectivity index (χ4v) is 3.08. The molecule has 2 rings (SSSR count). The first-order valence-corrected chi connectivity index (χ1v) is 8.02. The Morgan fingerprint density at radius 2 is 2.15 bits per heavy atom. The van der Waals surface area contributed by atoms with Gasteiger partial charge in [-0.1, -0.05) is 12.1 Å². The lowest BCUT2D eigenvalue weighted by molar-refractivity contribution is 0.0806. The van der Waals surface area contributed by atoms with Crippen LogP contribution in [0, 0.1) is 0 Å². The predicted octanol–water partition coefficient (Wildman–Crippen LogP) is 0.337. The molecule has 20 heavy (non-hydrogen) atoms. The van der Waals surface area contributed by atoms with Gasteiger partial charge in [-0.05, 0) is 12.1 Å². The van der Waals surface area contributed by atoms with E-state index in [1.54, 1.807) is 18.2 Å². The zero-order valence-corrected chi connectivity index (χ0v) is 12.6. The molecular weight excluding hydrogens is 278 g/mol. The van der Waals surface area contributed by atoms with Crippen molar-refractivity contribution in [3.05, 3.63) is 24.3 Å². The van der Waals surface area contributed by atoms with Crippen molar-refractivity contribution in [2.75, 3.05) is 45.7 Å². The van der Waals surface area contributed by atoms with Crippen molar-refractivity contribution in [3.63, 3.8) is 0 Å². The second-order valence-electron chi connectivity index (χ2n) is 4.89. The molecule has 1 aliphatic heterocycles. The molecule has 1 aromatic carbocycles. The van der Waals surface area contributed by atoms with Crippen molar-refractivity contribution in [2.24, 2.45) is 0 Å². The van der Waals surface area contributed by atoms with Crippen LogP contribution in [-0.2, 0) is 14.8 Å². The normalized spacial score (nSPS) is 20.1. The van der Waals surface area contributed by atoms with Crippen LogP contribution in [0.3, 0.4) is 0 Å². The molecule has 112 valence electrons. The van der Waals surface area contributed by atoms with Crippen LogP contribution < -0.4 is 10.6 Å². The van der Waals surface area contributed by atoms with E-state index in [9.17, 15) is 8.42 Å². The van der Waals surface area contributed by atoms with Gasteiger partial charge in [0.2, 0.25) is 10.0 Å². The third-order valence-corrected chi connectivity index (χ3v) is 5.06. The molecule has 0 radical (unpaired) electrons. The van der Waals surface area contributed by atoms with E-state index in [1.165, 1.54) is 18.4 Å². The third kappa shape index (κ3) is 3.49. The summed E-state index contributed by atoms with van der Waals surface area (Å²) in [5.74, 6) is 0. The molecule has 0 aromatic heterocycles. The molecule has 2 N–H and O–H groups in total. The van der Waals surface area contributed by atoms with Crippen molar-refractivity contribution in [1.82, 2.24) is 9.62 Å². The first kappa shape index (κ1) is 15.2. The van der Waals surface area contributed by atoms with E-state index in [-0.39, 0.29) is 6.04 Å². The summed E-state index contributed by atoms with van der Waals surface area (Å²) in [6, 6.07) is 7.13. The van der Waals surface area contributed by atoms with E-state index in [1.807, 2.05) is 6.07 Å². The minimum Gasteiger partial charge on any atom is -0.382 e. The van der Waals surface area contributed by atoms with Crippen LogP contribution in [0.5, 0.6) is 0 Å². The van der Waals surface area contributed by atoms with Gasteiger partial charge in [0.05, 0.1) is 18.9 Å².